The number of anilines is 4. The van der Waals surface area contributed by atoms with Gasteiger partial charge in [0, 0.05) is 29.9 Å². The molecule has 1 unspecified atom stereocenters. The minimum atomic E-state index is -1.11. The highest BCUT2D eigenvalue weighted by molar-refractivity contribution is 6.04. The molecule has 0 bridgehead atoms. The smallest absolute Gasteiger partial charge is 0.271 e. The molecule has 11 heteroatoms. The van der Waals surface area contributed by atoms with Crippen molar-refractivity contribution in [3.8, 4) is 0 Å². The lowest BCUT2D eigenvalue weighted by molar-refractivity contribution is -0.384. The van der Waals surface area contributed by atoms with E-state index < -0.39 is 28.2 Å². The summed E-state index contributed by atoms with van der Waals surface area (Å²) in [5.74, 6) is -2.14. The Balaban J connectivity index is 1.63. The summed E-state index contributed by atoms with van der Waals surface area (Å²) in [6, 6.07) is 14.4. The van der Waals surface area contributed by atoms with E-state index in [0.29, 0.717) is 5.69 Å². The quantitative estimate of drug-likeness (QED) is 0.364. The van der Waals surface area contributed by atoms with Gasteiger partial charge in [0.05, 0.1) is 16.4 Å². The number of carbonyl (C=O) groups is 2. The molecule has 2 heterocycles. The summed E-state index contributed by atoms with van der Waals surface area (Å²) in [5.41, 5.74) is 0.0886. The Kier molecular flexibility index (Phi) is 5.14. The first-order chi connectivity index (χ1) is 14.9. The third kappa shape index (κ3) is 4.24. The van der Waals surface area contributed by atoms with Crippen LogP contribution in [0.15, 0.2) is 59.4 Å². The van der Waals surface area contributed by atoms with Crippen LogP contribution in [0.1, 0.15) is 17.9 Å². The van der Waals surface area contributed by atoms with Gasteiger partial charge in [0.25, 0.3) is 11.2 Å². The molecule has 2 amide bonds. The highest BCUT2D eigenvalue weighted by Crippen LogP contribution is 2.30. The van der Waals surface area contributed by atoms with Crippen molar-refractivity contribution in [1.29, 1.82) is 0 Å². The second-order valence-electron chi connectivity index (χ2n) is 6.77. The van der Waals surface area contributed by atoms with E-state index in [4.69, 9.17) is 0 Å². The van der Waals surface area contributed by atoms with Gasteiger partial charge in [0.1, 0.15) is 5.82 Å². The van der Waals surface area contributed by atoms with E-state index in [2.05, 4.69) is 25.9 Å². The molecule has 1 aromatic heterocycles. The maximum atomic E-state index is 12.8. The van der Waals surface area contributed by atoms with Gasteiger partial charge >= 0.3 is 0 Å². The second-order valence-corrected chi connectivity index (χ2v) is 6.77. The Morgan fingerprint density at radius 1 is 1.10 bits per heavy atom. The van der Waals surface area contributed by atoms with Crippen LogP contribution in [0.25, 0.3) is 0 Å². The SMILES string of the molecule is O=C1CC(C(=O)Nc2cccc([N+](=O)[O-])c2)c2c(nc(Nc3ccccc3)[nH]c2=O)N1. The molecule has 0 saturated carbocycles. The minimum Gasteiger partial charge on any atom is -0.326 e. The van der Waals surface area contributed by atoms with E-state index >= 15 is 0 Å². The van der Waals surface area contributed by atoms with E-state index in [1.165, 1.54) is 24.3 Å². The van der Waals surface area contributed by atoms with Crippen molar-refractivity contribution in [1.82, 2.24) is 9.97 Å². The fourth-order valence-corrected chi connectivity index (χ4v) is 3.24. The summed E-state index contributed by atoms with van der Waals surface area (Å²) in [7, 11) is 0. The van der Waals surface area contributed by atoms with Crippen LogP contribution < -0.4 is 21.5 Å². The Labute approximate surface area is 174 Å². The lowest BCUT2D eigenvalue weighted by Gasteiger charge is -2.23. The topological polar surface area (TPSA) is 159 Å². The number of nitrogens with zero attached hydrogens (tertiary/aromatic N) is 2. The second kappa shape index (κ2) is 8.06. The lowest BCUT2D eigenvalue weighted by Crippen LogP contribution is -2.36. The van der Waals surface area contributed by atoms with Crippen molar-refractivity contribution in [2.75, 3.05) is 16.0 Å². The third-order valence-corrected chi connectivity index (χ3v) is 4.63. The molecule has 156 valence electrons. The van der Waals surface area contributed by atoms with Gasteiger partial charge in [-0.1, -0.05) is 24.3 Å². The normalized spacial score (nSPS) is 14.8. The number of rotatable bonds is 5. The molecule has 1 aliphatic rings. The van der Waals surface area contributed by atoms with E-state index in [0.717, 1.165) is 0 Å². The summed E-state index contributed by atoms with van der Waals surface area (Å²) < 4.78 is 0. The number of H-pyrrole nitrogens is 1. The van der Waals surface area contributed by atoms with Crippen LogP contribution in [0.4, 0.5) is 28.8 Å². The van der Waals surface area contributed by atoms with E-state index in [9.17, 15) is 24.5 Å². The minimum absolute atomic E-state index is 0.0149. The highest BCUT2D eigenvalue weighted by Gasteiger charge is 2.35. The molecule has 31 heavy (non-hydrogen) atoms. The molecular weight excluding hydrogens is 404 g/mol. The van der Waals surface area contributed by atoms with Gasteiger partial charge in [-0.25, -0.2) is 0 Å². The molecule has 0 aliphatic carbocycles. The number of aromatic amines is 1. The number of nitrogens with one attached hydrogen (secondary N) is 4. The summed E-state index contributed by atoms with van der Waals surface area (Å²) in [6.45, 7) is 0. The number of amides is 2. The highest BCUT2D eigenvalue weighted by atomic mass is 16.6. The largest absolute Gasteiger partial charge is 0.326 e. The number of fused-ring (bicyclic) bond motifs is 1. The summed E-state index contributed by atoms with van der Waals surface area (Å²) in [4.78, 5) is 54.9. The van der Waals surface area contributed by atoms with Crippen LogP contribution >= 0.6 is 0 Å². The Bertz CT molecular complexity index is 1240. The Hall–Kier alpha value is -4.54. The lowest BCUT2D eigenvalue weighted by atomic mass is 9.92. The Morgan fingerprint density at radius 3 is 2.58 bits per heavy atom. The van der Waals surface area contributed by atoms with Gasteiger partial charge in [0.2, 0.25) is 17.8 Å². The third-order valence-electron chi connectivity index (χ3n) is 4.63. The van der Waals surface area contributed by atoms with Gasteiger partial charge in [-0.05, 0) is 18.2 Å². The summed E-state index contributed by atoms with van der Waals surface area (Å²) in [6.07, 6.45) is -0.260. The molecule has 0 fully saturated rings. The first-order valence-electron chi connectivity index (χ1n) is 9.22. The molecular formula is C20H16N6O5. The van der Waals surface area contributed by atoms with Crippen molar-refractivity contribution in [2.24, 2.45) is 0 Å². The van der Waals surface area contributed by atoms with Gasteiger partial charge in [0.15, 0.2) is 0 Å². The first kappa shape index (κ1) is 19.8. The van der Waals surface area contributed by atoms with Crippen LogP contribution in [-0.4, -0.2) is 26.7 Å². The first-order valence-corrected chi connectivity index (χ1v) is 9.22. The molecule has 2 aromatic carbocycles. The number of hydrogen-bond donors (Lipinski definition) is 4. The number of nitro groups is 1. The average Bonchev–Trinajstić information content (AvgIpc) is 2.73. The molecule has 4 rings (SSSR count). The Morgan fingerprint density at radius 2 is 1.84 bits per heavy atom. The molecule has 3 aromatic rings. The number of carbonyl (C=O) groups excluding carboxylic acids is 2. The predicted molar refractivity (Wildman–Crippen MR) is 112 cm³/mol. The zero-order valence-electron chi connectivity index (χ0n) is 15.9. The van der Waals surface area contributed by atoms with E-state index in [-0.39, 0.29) is 35.1 Å². The predicted octanol–water partition coefficient (Wildman–Crippen LogP) is 2.49. The molecule has 0 radical (unpaired) electrons. The van der Waals surface area contributed by atoms with Crippen molar-refractivity contribution in [3.05, 3.63) is 80.6 Å². The molecule has 0 saturated heterocycles. The maximum Gasteiger partial charge on any atom is 0.271 e. The van der Waals surface area contributed by atoms with E-state index in [1.807, 2.05) is 6.07 Å². The molecule has 1 atom stereocenters. The van der Waals surface area contributed by atoms with Gasteiger partial charge < -0.3 is 16.0 Å². The standard InChI is InChI=1S/C20H16N6O5/c27-15-10-14(18(28)21-12-7-4-8-13(9-12)26(30)31)16-17(23-15)24-20(25-19(16)29)22-11-5-2-1-3-6-11/h1-9,14H,10H2,(H,21,28)(H3,22,23,24,25,27,29). The monoisotopic (exact) mass is 420 g/mol. The number of non-ortho nitro benzene ring substituents is 1. The zero-order chi connectivity index (χ0) is 22.0. The van der Waals surface area contributed by atoms with Crippen molar-refractivity contribution in [2.45, 2.75) is 12.3 Å². The fraction of sp³-hybridized carbons (Fsp3) is 0.100. The number of aromatic nitrogens is 2. The molecule has 1 aliphatic heterocycles. The van der Waals surface area contributed by atoms with Crippen LogP contribution in [0.2, 0.25) is 0 Å². The number of benzene rings is 2. The van der Waals surface area contributed by atoms with Crippen LogP contribution in [0.3, 0.4) is 0 Å². The van der Waals surface area contributed by atoms with Gasteiger partial charge in [-0.3, -0.25) is 29.5 Å². The fourth-order valence-electron chi connectivity index (χ4n) is 3.24. The van der Waals surface area contributed by atoms with Gasteiger partial charge in [-0.15, -0.1) is 0 Å². The van der Waals surface area contributed by atoms with Crippen LogP contribution in [0.5, 0.6) is 0 Å². The number of para-hydroxylation sites is 1. The maximum absolute atomic E-state index is 12.8. The molecule has 0 spiro atoms. The van der Waals surface area contributed by atoms with E-state index in [1.54, 1.807) is 24.3 Å². The van der Waals surface area contributed by atoms with Crippen molar-refractivity contribution < 1.29 is 14.5 Å². The molecule has 4 N–H and O–H groups in total. The van der Waals surface area contributed by atoms with Crippen molar-refractivity contribution in [3.63, 3.8) is 0 Å². The molecule has 11 nitrogen and oxygen atoms in total. The van der Waals surface area contributed by atoms with Crippen molar-refractivity contribution >= 4 is 40.6 Å². The van der Waals surface area contributed by atoms with Crippen LogP contribution in [-0.2, 0) is 9.59 Å². The van der Waals surface area contributed by atoms with Crippen LogP contribution in [0, 0.1) is 10.1 Å². The summed E-state index contributed by atoms with van der Waals surface area (Å²) in [5, 5.41) is 18.9. The average molecular weight is 420 g/mol. The summed E-state index contributed by atoms with van der Waals surface area (Å²) >= 11 is 0. The van der Waals surface area contributed by atoms with Gasteiger partial charge in [-0.2, -0.15) is 4.98 Å². The zero-order valence-corrected chi connectivity index (χ0v) is 15.9. The number of nitro benzene ring substituents is 1. The number of hydrogen-bond acceptors (Lipinski definition) is 7.